The first-order chi connectivity index (χ1) is 9.56. The Bertz CT molecular complexity index is 468. The number of benzene rings is 1. The molecule has 1 aromatic carbocycles. The molecule has 4 nitrogen and oxygen atoms in total. The van der Waals surface area contributed by atoms with Gasteiger partial charge in [-0.25, -0.2) is 0 Å². The van der Waals surface area contributed by atoms with Crippen LogP contribution < -0.4 is 14.8 Å². The van der Waals surface area contributed by atoms with Gasteiger partial charge in [0.25, 0.3) is 0 Å². The van der Waals surface area contributed by atoms with Gasteiger partial charge in [-0.2, -0.15) is 0 Å². The summed E-state index contributed by atoms with van der Waals surface area (Å²) in [5, 5.41) is 3.32. The van der Waals surface area contributed by atoms with Crippen LogP contribution in [0.2, 0.25) is 0 Å². The lowest BCUT2D eigenvalue weighted by Gasteiger charge is -2.32. The summed E-state index contributed by atoms with van der Waals surface area (Å²) in [4.78, 5) is 13.2. The van der Waals surface area contributed by atoms with Crippen molar-refractivity contribution in [2.75, 3.05) is 27.3 Å². The molecule has 1 N–H and O–H groups in total. The number of hydrogen-bond donors (Lipinski definition) is 1. The number of carbonyl (C=O) groups excluding carboxylic acids is 1. The highest BCUT2D eigenvalue weighted by atomic mass is 16.5. The van der Waals surface area contributed by atoms with E-state index >= 15 is 0 Å². The van der Waals surface area contributed by atoms with E-state index in [0.717, 1.165) is 13.0 Å². The molecule has 1 atom stereocenters. The zero-order valence-corrected chi connectivity index (χ0v) is 12.7. The number of rotatable bonds is 5. The summed E-state index contributed by atoms with van der Waals surface area (Å²) in [5.41, 5.74) is 0.192. The molecule has 0 saturated carbocycles. The van der Waals surface area contributed by atoms with Crippen molar-refractivity contribution in [2.24, 2.45) is 11.3 Å². The first-order valence-electron chi connectivity index (χ1n) is 7.03. The molecule has 4 heteroatoms. The minimum atomic E-state index is -0.373. The van der Waals surface area contributed by atoms with Gasteiger partial charge in [0.2, 0.25) is 0 Å². The number of carbonyl (C=O) groups is 1. The van der Waals surface area contributed by atoms with E-state index in [-0.39, 0.29) is 17.1 Å². The van der Waals surface area contributed by atoms with E-state index in [2.05, 4.69) is 19.2 Å². The normalized spacial score (nSPS) is 22.1. The fourth-order valence-electron chi connectivity index (χ4n) is 2.98. The molecule has 1 aliphatic rings. The quantitative estimate of drug-likeness (QED) is 0.840. The second-order valence-electron chi connectivity index (χ2n) is 5.60. The Morgan fingerprint density at radius 1 is 1.25 bits per heavy atom. The van der Waals surface area contributed by atoms with Crippen molar-refractivity contribution in [3.05, 3.63) is 23.8 Å². The van der Waals surface area contributed by atoms with E-state index in [1.54, 1.807) is 14.2 Å². The molecule has 2 rings (SSSR count). The highest BCUT2D eigenvalue weighted by molar-refractivity contribution is 6.05. The van der Waals surface area contributed by atoms with Crippen molar-refractivity contribution in [1.82, 2.24) is 5.32 Å². The lowest BCUT2D eigenvalue weighted by molar-refractivity contribution is 0.0733. The number of ketones is 1. The molecule has 1 heterocycles. The first kappa shape index (κ1) is 14.9. The van der Waals surface area contributed by atoms with E-state index in [0.29, 0.717) is 23.6 Å². The maximum atomic E-state index is 13.2. The number of hydrogen-bond acceptors (Lipinski definition) is 4. The first-order valence-corrected chi connectivity index (χ1v) is 7.03. The molecular formula is C16H23NO3. The van der Waals surface area contributed by atoms with Crippen molar-refractivity contribution in [1.29, 1.82) is 0 Å². The van der Waals surface area contributed by atoms with Crippen molar-refractivity contribution in [3.63, 3.8) is 0 Å². The molecule has 0 amide bonds. The Labute approximate surface area is 120 Å². The van der Waals surface area contributed by atoms with Crippen LogP contribution in [-0.4, -0.2) is 33.1 Å². The predicted molar refractivity (Wildman–Crippen MR) is 78.6 cm³/mol. The zero-order chi connectivity index (χ0) is 14.8. The largest absolute Gasteiger partial charge is 0.496 e. The van der Waals surface area contributed by atoms with E-state index in [1.165, 1.54) is 0 Å². The summed E-state index contributed by atoms with van der Waals surface area (Å²) in [5.74, 6) is 1.55. The van der Waals surface area contributed by atoms with Crippen LogP contribution in [0.5, 0.6) is 11.5 Å². The summed E-state index contributed by atoms with van der Waals surface area (Å²) in [6.07, 6.45) is 0.852. The average molecular weight is 277 g/mol. The molecule has 1 fully saturated rings. The number of Topliss-reactive ketones (excluding diaryl/α,β-unsaturated/α-hetero) is 1. The van der Waals surface area contributed by atoms with Crippen molar-refractivity contribution in [2.45, 2.75) is 20.3 Å². The van der Waals surface area contributed by atoms with Crippen LogP contribution in [0.4, 0.5) is 0 Å². The Hall–Kier alpha value is -1.55. The minimum Gasteiger partial charge on any atom is -0.496 e. The van der Waals surface area contributed by atoms with Gasteiger partial charge in [-0.15, -0.1) is 0 Å². The Kier molecular flexibility index (Phi) is 4.33. The van der Waals surface area contributed by atoms with E-state index in [9.17, 15) is 4.79 Å². The van der Waals surface area contributed by atoms with Gasteiger partial charge in [0.1, 0.15) is 17.1 Å². The van der Waals surface area contributed by atoms with Crippen molar-refractivity contribution in [3.8, 4) is 11.5 Å². The van der Waals surface area contributed by atoms with Gasteiger partial charge in [-0.1, -0.05) is 19.9 Å². The highest BCUT2D eigenvalue weighted by Gasteiger charge is 2.45. The van der Waals surface area contributed by atoms with Gasteiger partial charge in [-0.05, 0) is 31.0 Å². The maximum absolute atomic E-state index is 13.2. The molecule has 20 heavy (non-hydrogen) atoms. The van der Waals surface area contributed by atoms with Crippen LogP contribution in [0.3, 0.4) is 0 Å². The monoisotopic (exact) mass is 277 g/mol. The number of nitrogens with one attached hydrogen (secondary N) is 1. The number of ether oxygens (including phenoxy) is 2. The summed E-state index contributed by atoms with van der Waals surface area (Å²) in [7, 11) is 3.17. The van der Waals surface area contributed by atoms with E-state index in [4.69, 9.17) is 9.47 Å². The Balaban J connectivity index is 2.52. The predicted octanol–water partition coefficient (Wildman–Crippen LogP) is 2.52. The molecule has 0 aliphatic carbocycles. The third kappa shape index (κ3) is 2.29. The van der Waals surface area contributed by atoms with Gasteiger partial charge in [0.05, 0.1) is 14.2 Å². The molecule has 110 valence electrons. The van der Waals surface area contributed by atoms with Gasteiger partial charge >= 0.3 is 0 Å². The van der Waals surface area contributed by atoms with E-state index in [1.807, 2.05) is 18.2 Å². The minimum absolute atomic E-state index is 0.117. The Morgan fingerprint density at radius 3 is 2.25 bits per heavy atom. The zero-order valence-electron chi connectivity index (χ0n) is 12.7. The Morgan fingerprint density at radius 2 is 1.85 bits per heavy atom. The summed E-state index contributed by atoms with van der Waals surface area (Å²) in [6.45, 7) is 5.80. The molecular weight excluding hydrogens is 254 g/mol. The molecule has 1 saturated heterocycles. The molecule has 1 aromatic rings. The molecule has 1 unspecified atom stereocenters. The van der Waals surface area contributed by atoms with Crippen LogP contribution in [0, 0.1) is 11.3 Å². The molecule has 0 radical (unpaired) electrons. The summed E-state index contributed by atoms with van der Waals surface area (Å²) >= 11 is 0. The van der Waals surface area contributed by atoms with Crippen LogP contribution >= 0.6 is 0 Å². The standard InChI is InChI=1S/C16H23NO3/c1-11(2)16(8-9-17-10-16)15(18)14-12(19-3)6-5-7-13(14)20-4/h5-7,11,17H,8-10H2,1-4H3. The SMILES string of the molecule is COc1cccc(OC)c1C(=O)C1(C(C)C)CCNC1. The van der Waals surface area contributed by atoms with E-state index < -0.39 is 0 Å². The third-order valence-electron chi connectivity index (χ3n) is 4.40. The topological polar surface area (TPSA) is 47.6 Å². The lowest BCUT2D eigenvalue weighted by atomic mass is 9.71. The second kappa shape index (κ2) is 5.83. The highest BCUT2D eigenvalue weighted by Crippen LogP contribution is 2.42. The van der Waals surface area contributed by atoms with Crippen LogP contribution in [-0.2, 0) is 0 Å². The van der Waals surface area contributed by atoms with Gasteiger partial charge in [0, 0.05) is 12.0 Å². The fraction of sp³-hybridized carbons (Fsp3) is 0.562. The third-order valence-corrected chi connectivity index (χ3v) is 4.40. The molecule has 0 bridgehead atoms. The second-order valence-corrected chi connectivity index (χ2v) is 5.60. The average Bonchev–Trinajstić information content (AvgIpc) is 2.96. The van der Waals surface area contributed by atoms with Crippen LogP contribution in [0.15, 0.2) is 18.2 Å². The lowest BCUT2D eigenvalue weighted by Crippen LogP contribution is -2.38. The van der Waals surface area contributed by atoms with Gasteiger partial charge < -0.3 is 14.8 Å². The maximum Gasteiger partial charge on any atom is 0.178 e. The summed E-state index contributed by atoms with van der Waals surface area (Å²) in [6, 6.07) is 5.46. The summed E-state index contributed by atoms with van der Waals surface area (Å²) < 4.78 is 10.7. The smallest absolute Gasteiger partial charge is 0.178 e. The van der Waals surface area contributed by atoms with Crippen LogP contribution in [0.1, 0.15) is 30.6 Å². The van der Waals surface area contributed by atoms with Crippen LogP contribution in [0.25, 0.3) is 0 Å². The van der Waals surface area contributed by atoms with Gasteiger partial charge in [0.15, 0.2) is 5.78 Å². The molecule has 1 aliphatic heterocycles. The molecule has 0 spiro atoms. The van der Waals surface area contributed by atoms with Crippen molar-refractivity contribution < 1.29 is 14.3 Å². The van der Waals surface area contributed by atoms with Gasteiger partial charge in [-0.3, -0.25) is 4.79 Å². The van der Waals surface area contributed by atoms with Crippen molar-refractivity contribution >= 4 is 5.78 Å². The fourth-order valence-corrected chi connectivity index (χ4v) is 2.98. The number of methoxy groups -OCH3 is 2. The molecule has 0 aromatic heterocycles.